The molecule has 85 valence electrons. The summed E-state index contributed by atoms with van der Waals surface area (Å²) >= 11 is 0. The Labute approximate surface area is 127 Å². The minimum absolute atomic E-state index is 0. The zero-order valence-electron chi connectivity index (χ0n) is 9.62. The predicted octanol–water partition coefficient (Wildman–Crippen LogP) is -2.13. The maximum absolute atomic E-state index is 3.43. The smallest absolute Gasteiger partial charge is 1.00 e. The third kappa shape index (κ3) is 3.52. The van der Waals surface area contributed by atoms with E-state index in [0.717, 1.165) is 14.6 Å². The van der Waals surface area contributed by atoms with E-state index in [1.54, 1.807) is 10.9 Å². The van der Waals surface area contributed by atoms with E-state index in [1.165, 1.54) is 16.7 Å². The van der Waals surface area contributed by atoms with E-state index >= 15 is 0 Å². The van der Waals surface area contributed by atoms with E-state index in [-0.39, 0.29) is 46.5 Å². The van der Waals surface area contributed by atoms with Crippen molar-refractivity contribution in [3.8, 4) is 0 Å². The molecule has 0 bridgehead atoms. The van der Waals surface area contributed by atoms with Crippen molar-refractivity contribution in [2.75, 3.05) is 0 Å². The second-order valence-corrected chi connectivity index (χ2v) is 4.64. The number of halogens is 2. The third-order valence-corrected chi connectivity index (χ3v) is 4.21. The molecule has 1 atom stereocenters. The normalized spacial score (nSPS) is 13.4. The van der Waals surface area contributed by atoms with Crippen molar-refractivity contribution in [3.05, 3.63) is 39.9 Å². The van der Waals surface area contributed by atoms with Gasteiger partial charge in [0.05, 0.1) is 0 Å². The average Bonchev–Trinajstić information content (AvgIpc) is 2.62. The molecule has 0 amide bonds. The van der Waals surface area contributed by atoms with Crippen LogP contribution >= 0.6 is 8.19 Å². The molecule has 2 rings (SSSR count). The van der Waals surface area contributed by atoms with Crippen LogP contribution in [0.15, 0.2) is 17.7 Å². The minimum Gasteiger partial charge on any atom is -1.00 e. The molecule has 0 spiro atoms. The molecule has 0 nitrogen and oxygen atoms in total. The summed E-state index contributed by atoms with van der Waals surface area (Å²) in [6.07, 6.45) is 5.61. The summed E-state index contributed by atoms with van der Waals surface area (Å²) in [6, 6.07) is 0. The number of aryl methyl sites for hydroxylation is 1. The van der Waals surface area contributed by atoms with E-state index < -0.39 is 0 Å². The van der Waals surface area contributed by atoms with Gasteiger partial charge in [-0.05, 0) is 13.3 Å². The van der Waals surface area contributed by atoms with E-state index in [0.29, 0.717) is 0 Å². The van der Waals surface area contributed by atoms with Gasteiger partial charge in [-0.1, -0.05) is 37.1 Å². The van der Waals surface area contributed by atoms with Crippen LogP contribution in [0.5, 0.6) is 0 Å². The molecule has 0 aliphatic heterocycles. The Morgan fingerprint density at radius 1 is 1.19 bits per heavy atom. The van der Waals surface area contributed by atoms with Gasteiger partial charge >= 0.3 is 21.7 Å². The van der Waals surface area contributed by atoms with Crippen molar-refractivity contribution >= 4 is 13.8 Å². The summed E-state index contributed by atoms with van der Waals surface area (Å²) in [5.74, 6) is 3.43. The molecule has 1 aliphatic carbocycles. The molecule has 1 unspecified atom stereocenters. The fourth-order valence-corrected chi connectivity index (χ4v) is 3.07. The SMILES string of the molecule is CC1=C(c2[pH][c-]c(C)c2C)CC=C1.[Cl-].[Cl-].[Ti+3]. The molecule has 1 aliphatic rings. The molecule has 16 heavy (non-hydrogen) atoms. The molecule has 1 radical (unpaired) electrons. The summed E-state index contributed by atoms with van der Waals surface area (Å²) in [4.78, 5) is 0. The summed E-state index contributed by atoms with van der Waals surface area (Å²) in [5.41, 5.74) is 5.79. The van der Waals surface area contributed by atoms with Gasteiger partial charge in [-0.3, -0.25) is 8.19 Å². The van der Waals surface area contributed by atoms with Gasteiger partial charge in [-0.25, -0.2) is 0 Å². The minimum atomic E-state index is 0. The maximum Gasteiger partial charge on any atom is 3.00 e. The summed E-state index contributed by atoms with van der Waals surface area (Å²) < 4.78 is 0. The molecule has 0 saturated heterocycles. The first-order chi connectivity index (χ1) is 6.20. The van der Waals surface area contributed by atoms with Gasteiger partial charge in [-0.15, -0.1) is 0 Å². The Morgan fingerprint density at radius 3 is 2.19 bits per heavy atom. The van der Waals surface area contributed by atoms with Gasteiger partial charge in [0.1, 0.15) is 0 Å². The topological polar surface area (TPSA) is 0 Å². The number of rotatable bonds is 1. The first-order valence-corrected chi connectivity index (χ1v) is 5.63. The molecule has 4 heteroatoms. The van der Waals surface area contributed by atoms with Crippen molar-refractivity contribution < 1.29 is 46.5 Å². The first-order valence-electron chi connectivity index (χ1n) is 4.63. The van der Waals surface area contributed by atoms with Crippen molar-refractivity contribution in [1.82, 2.24) is 0 Å². The monoisotopic (exact) mass is 307 g/mol. The van der Waals surface area contributed by atoms with Crippen LogP contribution in [-0.2, 0) is 21.7 Å². The number of allylic oxidation sites excluding steroid dienone is 4. The second-order valence-electron chi connectivity index (χ2n) is 3.64. The van der Waals surface area contributed by atoms with E-state index in [4.69, 9.17) is 0 Å². The molecular formula is C12H14Cl2PTi. The van der Waals surface area contributed by atoms with Crippen LogP contribution in [0.1, 0.15) is 29.8 Å². The third-order valence-electron chi connectivity index (χ3n) is 2.78. The van der Waals surface area contributed by atoms with Crippen LogP contribution < -0.4 is 24.8 Å². The Bertz CT molecular complexity index is 405. The summed E-state index contributed by atoms with van der Waals surface area (Å²) in [7, 11) is 0.775. The molecule has 0 aromatic carbocycles. The van der Waals surface area contributed by atoms with Gasteiger partial charge in [0.2, 0.25) is 0 Å². The van der Waals surface area contributed by atoms with Crippen LogP contribution in [0.2, 0.25) is 0 Å². The summed E-state index contributed by atoms with van der Waals surface area (Å²) in [5, 5.41) is 1.54. The molecule has 0 N–H and O–H groups in total. The van der Waals surface area contributed by atoms with Crippen LogP contribution in [0.4, 0.5) is 0 Å². The van der Waals surface area contributed by atoms with Crippen molar-refractivity contribution in [1.29, 1.82) is 0 Å². The fraction of sp³-hybridized carbons (Fsp3) is 0.333. The standard InChI is InChI=1S/C12H14P.2ClH.Ti/c1-8-5-4-6-11(8)12-10(3)9(2)7-13-12;;;/h4-5,13H,6H2,1-3H3;2*1H;/q-1;;;+3/p-2. The molecule has 1 aromatic heterocycles. The van der Waals surface area contributed by atoms with E-state index in [1.807, 2.05) is 0 Å². The van der Waals surface area contributed by atoms with Crippen LogP contribution in [0, 0.1) is 19.6 Å². The molecular weight excluding hydrogens is 294 g/mol. The maximum atomic E-state index is 3.43. The van der Waals surface area contributed by atoms with Gasteiger partial charge in [0.15, 0.2) is 0 Å². The van der Waals surface area contributed by atoms with Crippen molar-refractivity contribution in [2.24, 2.45) is 0 Å². The predicted molar refractivity (Wildman–Crippen MR) is 60.6 cm³/mol. The molecule has 1 heterocycles. The zero-order valence-corrected chi connectivity index (χ0v) is 13.7. The molecule has 0 saturated carbocycles. The first kappa shape index (κ1) is 18.9. The molecule has 0 fully saturated rings. The average molecular weight is 308 g/mol. The van der Waals surface area contributed by atoms with Crippen LogP contribution in [-0.4, -0.2) is 0 Å². The Hall–Kier alpha value is 0.554. The van der Waals surface area contributed by atoms with Crippen molar-refractivity contribution in [2.45, 2.75) is 27.2 Å². The zero-order chi connectivity index (χ0) is 9.42. The Kier molecular flexibility index (Phi) is 9.22. The Morgan fingerprint density at radius 2 is 1.81 bits per heavy atom. The largest absolute Gasteiger partial charge is 3.00 e. The van der Waals surface area contributed by atoms with Crippen LogP contribution in [0.3, 0.4) is 0 Å². The van der Waals surface area contributed by atoms with Gasteiger partial charge in [-0.2, -0.15) is 22.2 Å². The second kappa shape index (κ2) is 7.80. The van der Waals surface area contributed by atoms with Gasteiger partial charge in [0.25, 0.3) is 0 Å². The van der Waals surface area contributed by atoms with E-state index in [9.17, 15) is 0 Å². The number of hydrogen-bond donors (Lipinski definition) is 0. The fourth-order valence-electron chi connectivity index (χ4n) is 1.75. The number of hydrogen-bond acceptors (Lipinski definition) is 0. The molecule has 1 aromatic rings. The van der Waals surface area contributed by atoms with E-state index in [2.05, 4.69) is 38.7 Å². The van der Waals surface area contributed by atoms with Crippen molar-refractivity contribution in [3.63, 3.8) is 0 Å². The summed E-state index contributed by atoms with van der Waals surface area (Å²) in [6.45, 7) is 6.58. The quantitative estimate of drug-likeness (QED) is 0.411. The van der Waals surface area contributed by atoms with Gasteiger partial charge in [0, 0.05) is 0 Å². The Balaban J connectivity index is 0. The van der Waals surface area contributed by atoms with Crippen LogP contribution in [0.25, 0.3) is 5.57 Å². The van der Waals surface area contributed by atoms with Gasteiger partial charge < -0.3 is 24.8 Å².